The minimum atomic E-state index is -3.50. The van der Waals surface area contributed by atoms with Crippen molar-refractivity contribution in [2.45, 2.75) is 30.6 Å². The molecule has 1 fully saturated rings. The highest BCUT2D eigenvalue weighted by Gasteiger charge is 2.28. The van der Waals surface area contributed by atoms with Crippen molar-refractivity contribution in [3.8, 4) is 0 Å². The average molecular weight is 426 g/mol. The Balaban J connectivity index is 1.48. The number of hydrogen-bond acceptors (Lipinski definition) is 5. The van der Waals surface area contributed by atoms with E-state index in [0.29, 0.717) is 24.5 Å². The van der Waals surface area contributed by atoms with Crippen LogP contribution in [0.15, 0.2) is 64.6 Å². The van der Waals surface area contributed by atoms with E-state index in [1.165, 1.54) is 21.4 Å². The Kier molecular flexibility index (Phi) is 5.65. The molecular weight excluding hydrogens is 404 g/mol. The summed E-state index contributed by atoms with van der Waals surface area (Å²) in [5.74, 6) is -0.590. The molecule has 2 heterocycles. The molecule has 0 spiro atoms. The van der Waals surface area contributed by atoms with Gasteiger partial charge in [-0.25, -0.2) is 13.4 Å². The summed E-state index contributed by atoms with van der Waals surface area (Å²) >= 11 is 0. The van der Waals surface area contributed by atoms with Crippen molar-refractivity contribution < 1.29 is 18.0 Å². The molecule has 2 amide bonds. The standard InChI is InChI=1S/C21H22N4O4S/c26-20-13-12-19(23-25(20)17-6-2-1-3-7-17)21(27)22-16-8-10-18(11-9-16)30(28,29)24-14-4-5-15-24/h1-3,6-11H,4-5,12-15H2,(H,22,27). The zero-order valence-corrected chi connectivity index (χ0v) is 17.1. The smallest absolute Gasteiger partial charge is 0.271 e. The predicted molar refractivity (Wildman–Crippen MR) is 114 cm³/mol. The third-order valence-corrected chi connectivity index (χ3v) is 7.02. The fourth-order valence-electron chi connectivity index (χ4n) is 3.48. The lowest BCUT2D eigenvalue weighted by atomic mass is 10.1. The number of benzene rings is 2. The molecule has 0 aromatic heterocycles. The van der Waals surface area contributed by atoms with Gasteiger partial charge in [0.05, 0.1) is 10.6 Å². The lowest BCUT2D eigenvalue weighted by Crippen LogP contribution is -2.36. The monoisotopic (exact) mass is 426 g/mol. The van der Waals surface area contributed by atoms with E-state index in [0.717, 1.165) is 12.8 Å². The lowest BCUT2D eigenvalue weighted by Gasteiger charge is -2.23. The van der Waals surface area contributed by atoms with Gasteiger partial charge >= 0.3 is 0 Å². The second-order valence-corrected chi connectivity index (χ2v) is 9.12. The summed E-state index contributed by atoms with van der Waals surface area (Å²) in [7, 11) is -3.50. The molecule has 2 aliphatic rings. The lowest BCUT2D eigenvalue weighted by molar-refractivity contribution is -0.118. The highest BCUT2D eigenvalue weighted by Crippen LogP contribution is 2.23. The number of hydrogen-bond donors (Lipinski definition) is 1. The molecule has 9 heteroatoms. The largest absolute Gasteiger partial charge is 0.321 e. The second kappa shape index (κ2) is 8.37. The first kappa shape index (κ1) is 20.2. The number of nitrogens with one attached hydrogen (secondary N) is 1. The zero-order valence-electron chi connectivity index (χ0n) is 16.3. The third kappa shape index (κ3) is 4.12. The van der Waals surface area contributed by atoms with Crippen LogP contribution in [0.1, 0.15) is 25.7 Å². The Morgan fingerprint density at radius 1 is 0.933 bits per heavy atom. The SMILES string of the molecule is O=C(Nc1ccc(S(=O)(=O)N2CCCC2)cc1)C1=NN(c2ccccc2)C(=O)CC1. The van der Waals surface area contributed by atoms with Gasteiger partial charge in [-0.3, -0.25) is 9.59 Å². The number of anilines is 2. The zero-order chi connectivity index (χ0) is 21.1. The first-order valence-electron chi connectivity index (χ1n) is 9.82. The summed E-state index contributed by atoms with van der Waals surface area (Å²) in [6, 6.07) is 15.0. The summed E-state index contributed by atoms with van der Waals surface area (Å²) in [6.07, 6.45) is 2.18. The van der Waals surface area contributed by atoms with Crippen molar-refractivity contribution >= 4 is 38.9 Å². The van der Waals surface area contributed by atoms with Gasteiger partial charge in [0.25, 0.3) is 5.91 Å². The first-order valence-corrected chi connectivity index (χ1v) is 11.3. The van der Waals surface area contributed by atoms with Crippen LogP contribution >= 0.6 is 0 Å². The molecule has 8 nitrogen and oxygen atoms in total. The van der Waals surface area contributed by atoms with Gasteiger partial charge in [-0.15, -0.1) is 0 Å². The van der Waals surface area contributed by atoms with Crippen LogP contribution in [0, 0.1) is 0 Å². The van der Waals surface area contributed by atoms with Crippen LogP contribution in [-0.4, -0.2) is 43.3 Å². The second-order valence-electron chi connectivity index (χ2n) is 7.18. The van der Waals surface area contributed by atoms with Gasteiger partial charge in [-0.2, -0.15) is 9.41 Å². The molecular formula is C21H22N4O4S. The van der Waals surface area contributed by atoms with Crippen LogP contribution in [0.4, 0.5) is 11.4 Å². The number of amides is 2. The summed E-state index contributed by atoms with van der Waals surface area (Å²) in [5.41, 5.74) is 1.31. The maximum absolute atomic E-state index is 12.6. The molecule has 4 rings (SSSR count). The van der Waals surface area contributed by atoms with Crippen LogP contribution in [0.3, 0.4) is 0 Å². The van der Waals surface area contributed by atoms with Gasteiger partial charge in [0.1, 0.15) is 5.71 Å². The Morgan fingerprint density at radius 2 is 1.60 bits per heavy atom. The van der Waals surface area contributed by atoms with Crippen LogP contribution in [-0.2, 0) is 19.6 Å². The molecule has 2 aromatic carbocycles. The van der Waals surface area contributed by atoms with Crippen molar-refractivity contribution in [2.24, 2.45) is 5.10 Å². The van der Waals surface area contributed by atoms with E-state index in [-0.39, 0.29) is 29.4 Å². The van der Waals surface area contributed by atoms with Crippen molar-refractivity contribution in [1.29, 1.82) is 0 Å². The molecule has 0 atom stereocenters. The molecule has 0 saturated carbocycles. The molecule has 156 valence electrons. The highest BCUT2D eigenvalue weighted by molar-refractivity contribution is 7.89. The maximum Gasteiger partial charge on any atom is 0.271 e. The molecule has 2 aliphatic heterocycles. The van der Waals surface area contributed by atoms with Gasteiger partial charge in [-0.1, -0.05) is 18.2 Å². The number of carbonyl (C=O) groups is 2. The predicted octanol–water partition coefficient (Wildman–Crippen LogP) is 2.59. The van der Waals surface area contributed by atoms with E-state index < -0.39 is 15.9 Å². The number of nitrogens with zero attached hydrogens (tertiary/aromatic N) is 3. The van der Waals surface area contributed by atoms with Crippen LogP contribution < -0.4 is 10.3 Å². The van der Waals surface area contributed by atoms with Crippen molar-refractivity contribution in [2.75, 3.05) is 23.4 Å². The molecule has 30 heavy (non-hydrogen) atoms. The van der Waals surface area contributed by atoms with E-state index in [1.807, 2.05) is 6.07 Å². The van der Waals surface area contributed by atoms with Crippen molar-refractivity contribution in [1.82, 2.24) is 4.31 Å². The highest BCUT2D eigenvalue weighted by atomic mass is 32.2. The van der Waals surface area contributed by atoms with Gasteiger partial charge in [0.2, 0.25) is 15.9 Å². The molecule has 2 aromatic rings. The number of hydrazone groups is 1. The van der Waals surface area contributed by atoms with E-state index >= 15 is 0 Å². The van der Waals surface area contributed by atoms with E-state index in [9.17, 15) is 18.0 Å². The Morgan fingerprint density at radius 3 is 2.27 bits per heavy atom. The normalized spacial score (nSPS) is 17.7. The Bertz CT molecular complexity index is 1080. The van der Waals surface area contributed by atoms with Crippen molar-refractivity contribution in [3.05, 3.63) is 54.6 Å². The van der Waals surface area contributed by atoms with Crippen molar-refractivity contribution in [3.63, 3.8) is 0 Å². The van der Waals surface area contributed by atoms with Crippen LogP contribution in [0.2, 0.25) is 0 Å². The van der Waals surface area contributed by atoms with Crippen LogP contribution in [0.25, 0.3) is 0 Å². The molecule has 0 aliphatic carbocycles. The van der Waals surface area contributed by atoms with E-state index in [2.05, 4.69) is 10.4 Å². The number of para-hydroxylation sites is 1. The van der Waals surface area contributed by atoms with E-state index in [1.54, 1.807) is 36.4 Å². The summed E-state index contributed by atoms with van der Waals surface area (Å²) in [6.45, 7) is 1.08. The number of rotatable bonds is 5. The topological polar surface area (TPSA) is 99.2 Å². The summed E-state index contributed by atoms with van der Waals surface area (Å²) in [5, 5.41) is 8.19. The fraction of sp³-hybridized carbons (Fsp3) is 0.286. The third-order valence-electron chi connectivity index (χ3n) is 5.11. The van der Waals surface area contributed by atoms with E-state index in [4.69, 9.17) is 0 Å². The Labute approximate surface area is 175 Å². The maximum atomic E-state index is 12.6. The quantitative estimate of drug-likeness (QED) is 0.794. The molecule has 1 saturated heterocycles. The van der Waals surface area contributed by atoms with Gasteiger partial charge < -0.3 is 5.32 Å². The molecule has 0 bridgehead atoms. The summed E-state index contributed by atoms with van der Waals surface area (Å²) in [4.78, 5) is 25.0. The Hall–Kier alpha value is -3.04. The average Bonchev–Trinajstić information content (AvgIpc) is 3.31. The molecule has 0 unspecified atom stereocenters. The number of carbonyl (C=O) groups excluding carboxylic acids is 2. The minimum Gasteiger partial charge on any atom is -0.321 e. The van der Waals surface area contributed by atoms with Gasteiger partial charge in [0, 0.05) is 31.6 Å². The molecule has 1 N–H and O–H groups in total. The first-order chi connectivity index (χ1) is 14.4. The molecule has 0 radical (unpaired) electrons. The summed E-state index contributed by atoms with van der Waals surface area (Å²) < 4.78 is 26.7. The van der Waals surface area contributed by atoms with Gasteiger partial charge in [0.15, 0.2) is 0 Å². The minimum absolute atomic E-state index is 0.172. The van der Waals surface area contributed by atoms with Gasteiger partial charge in [-0.05, 0) is 49.2 Å². The fourth-order valence-corrected chi connectivity index (χ4v) is 5.00. The number of sulfonamides is 1. The van der Waals surface area contributed by atoms with Crippen LogP contribution in [0.5, 0.6) is 0 Å².